The summed E-state index contributed by atoms with van der Waals surface area (Å²) in [5, 5.41) is 3.03. The fourth-order valence-corrected chi connectivity index (χ4v) is 5.14. The highest BCUT2D eigenvalue weighted by Crippen LogP contribution is 2.37. The molecule has 0 bridgehead atoms. The van der Waals surface area contributed by atoms with Gasteiger partial charge in [-0.15, -0.1) is 5.92 Å². The van der Waals surface area contributed by atoms with Crippen molar-refractivity contribution in [3.63, 3.8) is 0 Å². The number of imide groups is 1. The number of hydrogen-bond acceptors (Lipinski definition) is 3. The smallest absolute Gasteiger partial charge is 0.325 e. The first-order valence-electron chi connectivity index (χ1n) is 12.0. The van der Waals surface area contributed by atoms with Crippen molar-refractivity contribution in [2.24, 2.45) is 5.92 Å². The lowest BCUT2D eigenvalue weighted by Crippen LogP contribution is -2.57. The molecular formula is C28H30FN3O3. The van der Waals surface area contributed by atoms with Crippen molar-refractivity contribution >= 4 is 17.8 Å². The van der Waals surface area contributed by atoms with Crippen molar-refractivity contribution in [2.75, 3.05) is 19.6 Å². The van der Waals surface area contributed by atoms with E-state index in [9.17, 15) is 18.8 Å². The SMILES string of the molecule is CC#CCN1C(=O)N[C@](CCc2ccccc2)(C2CCN(C(=O)Cc3cccc(F)c3)CC2)C1=O. The molecule has 4 rings (SSSR count). The maximum atomic E-state index is 13.6. The number of carbonyl (C=O) groups is 3. The maximum Gasteiger partial charge on any atom is 0.325 e. The summed E-state index contributed by atoms with van der Waals surface area (Å²) in [6, 6.07) is 15.6. The first-order valence-corrected chi connectivity index (χ1v) is 12.0. The van der Waals surface area contributed by atoms with E-state index < -0.39 is 11.6 Å². The molecule has 1 atom stereocenters. The molecule has 0 spiro atoms. The first kappa shape index (κ1) is 24.5. The van der Waals surface area contributed by atoms with Crippen molar-refractivity contribution in [1.29, 1.82) is 0 Å². The summed E-state index contributed by atoms with van der Waals surface area (Å²) in [7, 11) is 0. The zero-order valence-corrected chi connectivity index (χ0v) is 19.9. The predicted octanol–water partition coefficient (Wildman–Crippen LogP) is 3.55. The highest BCUT2D eigenvalue weighted by atomic mass is 19.1. The summed E-state index contributed by atoms with van der Waals surface area (Å²) < 4.78 is 13.5. The van der Waals surface area contributed by atoms with Gasteiger partial charge < -0.3 is 10.2 Å². The molecule has 0 aliphatic carbocycles. The van der Waals surface area contributed by atoms with Gasteiger partial charge in [-0.05, 0) is 61.8 Å². The Balaban J connectivity index is 1.48. The van der Waals surface area contributed by atoms with E-state index in [0.29, 0.717) is 44.3 Å². The standard InChI is InChI=1S/C28H30FN3O3/c1-2-3-16-32-26(34)28(30-27(32)35,15-12-21-8-5-4-6-9-21)23-13-17-31(18-14-23)25(33)20-22-10-7-11-24(29)19-22/h4-11,19,23H,12-18,20H2,1H3,(H,30,35)/t28-/m1/s1. The first-order chi connectivity index (χ1) is 16.9. The largest absolute Gasteiger partial charge is 0.342 e. The molecule has 182 valence electrons. The zero-order chi connectivity index (χ0) is 24.8. The number of nitrogens with zero attached hydrogens (tertiary/aromatic N) is 2. The molecular weight excluding hydrogens is 445 g/mol. The number of nitrogens with one attached hydrogen (secondary N) is 1. The number of hydrogen-bond donors (Lipinski definition) is 1. The van der Waals surface area contributed by atoms with Crippen molar-refractivity contribution < 1.29 is 18.8 Å². The van der Waals surface area contributed by atoms with Crippen LogP contribution in [0, 0.1) is 23.6 Å². The molecule has 2 fully saturated rings. The lowest BCUT2D eigenvalue weighted by Gasteiger charge is -2.41. The third-order valence-electron chi connectivity index (χ3n) is 7.06. The van der Waals surface area contributed by atoms with E-state index in [1.54, 1.807) is 24.0 Å². The van der Waals surface area contributed by atoms with Gasteiger partial charge >= 0.3 is 6.03 Å². The van der Waals surface area contributed by atoms with Gasteiger partial charge in [0.15, 0.2) is 0 Å². The molecule has 2 heterocycles. The number of piperidine rings is 1. The summed E-state index contributed by atoms with van der Waals surface area (Å²) in [6.07, 6.45) is 2.48. The van der Waals surface area contributed by atoms with Crippen LogP contribution in [-0.2, 0) is 22.4 Å². The number of likely N-dealkylation sites (tertiary alicyclic amines) is 1. The van der Waals surface area contributed by atoms with E-state index in [1.807, 2.05) is 30.3 Å². The molecule has 0 unspecified atom stereocenters. The molecule has 2 aromatic carbocycles. The van der Waals surface area contributed by atoms with E-state index >= 15 is 0 Å². The molecule has 1 N–H and O–H groups in total. The molecule has 2 saturated heterocycles. The molecule has 2 aliphatic rings. The van der Waals surface area contributed by atoms with Gasteiger partial charge in [0.25, 0.3) is 5.91 Å². The molecule has 2 aliphatic heterocycles. The number of amides is 4. The number of rotatable bonds is 7. The van der Waals surface area contributed by atoms with Crippen LogP contribution in [0.4, 0.5) is 9.18 Å². The van der Waals surface area contributed by atoms with Gasteiger partial charge in [-0.1, -0.05) is 48.4 Å². The van der Waals surface area contributed by atoms with E-state index in [0.717, 1.165) is 5.56 Å². The van der Waals surface area contributed by atoms with E-state index in [1.165, 1.54) is 17.0 Å². The minimum Gasteiger partial charge on any atom is -0.342 e. The van der Waals surface area contributed by atoms with Crippen LogP contribution in [-0.4, -0.2) is 52.8 Å². The highest BCUT2D eigenvalue weighted by molar-refractivity contribution is 6.07. The Bertz CT molecular complexity index is 1150. The van der Waals surface area contributed by atoms with Crippen molar-refractivity contribution in [1.82, 2.24) is 15.1 Å². The van der Waals surface area contributed by atoms with Crippen molar-refractivity contribution in [2.45, 2.75) is 44.6 Å². The fraction of sp³-hybridized carbons (Fsp3) is 0.393. The monoisotopic (exact) mass is 475 g/mol. The minimum absolute atomic E-state index is 0.0611. The average molecular weight is 476 g/mol. The van der Waals surface area contributed by atoms with Gasteiger partial charge in [-0.2, -0.15) is 0 Å². The molecule has 2 aromatic rings. The van der Waals surface area contributed by atoms with Crippen LogP contribution in [0.25, 0.3) is 0 Å². The van der Waals surface area contributed by atoms with Gasteiger partial charge in [-0.25, -0.2) is 9.18 Å². The molecule has 35 heavy (non-hydrogen) atoms. The Kier molecular flexibility index (Phi) is 7.50. The summed E-state index contributed by atoms with van der Waals surface area (Å²) in [5.41, 5.74) is 0.728. The van der Waals surface area contributed by atoms with Crippen molar-refractivity contribution in [3.8, 4) is 11.8 Å². The van der Waals surface area contributed by atoms with Crippen LogP contribution in [0.1, 0.15) is 37.3 Å². The minimum atomic E-state index is -1.01. The van der Waals surface area contributed by atoms with Gasteiger partial charge in [0.1, 0.15) is 11.4 Å². The van der Waals surface area contributed by atoms with Gasteiger partial charge in [0.05, 0.1) is 13.0 Å². The van der Waals surface area contributed by atoms with E-state index in [4.69, 9.17) is 0 Å². The fourth-order valence-electron chi connectivity index (χ4n) is 5.14. The van der Waals surface area contributed by atoms with Gasteiger partial charge in [0.2, 0.25) is 5.91 Å². The molecule has 6 nitrogen and oxygen atoms in total. The van der Waals surface area contributed by atoms with E-state index in [2.05, 4.69) is 17.2 Å². The zero-order valence-electron chi connectivity index (χ0n) is 19.9. The predicted molar refractivity (Wildman–Crippen MR) is 131 cm³/mol. The summed E-state index contributed by atoms with van der Waals surface area (Å²) in [6.45, 7) is 2.73. The number of halogens is 1. The van der Waals surface area contributed by atoms with Crippen LogP contribution >= 0.6 is 0 Å². The lowest BCUT2D eigenvalue weighted by molar-refractivity contribution is -0.135. The Hall–Kier alpha value is -3.66. The van der Waals surface area contributed by atoms with Crippen molar-refractivity contribution in [3.05, 3.63) is 71.5 Å². The van der Waals surface area contributed by atoms with E-state index in [-0.39, 0.29) is 36.5 Å². The summed E-state index contributed by atoms with van der Waals surface area (Å²) >= 11 is 0. The summed E-state index contributed by atoms with van der Waals surface area (Å²) in [5.74, 6) is 4.83. The second-order valence-corrected chi connectivity index (χ2v) is 9.17. The molecule has 0 saturated carbocycles. The van der Waals surface area contributed by atoms with Crippen LogP contribution in [0.2, 0.25) is 0 Å². The van der Waals surface area contributed by atoms with Gasteiger partial charge in [0, 0.05) is 13.1 Å². The summed E-state index contributed by atoms with van der Waals surface area (Å²) in [4.78, 5) is 42.2. The van der Waals surface area contributed by atoms with Crippen LogP contribution in [0.15, 0.2) is 54.6 Å². The Morgan fingerprint density at radius 3 is 2.49 bits per heavy atom. The van der Waals surface area contributed by atoms with Crippen LogP contribution in [0.3, 0.4) is 0 Å². The number of aryl methyl sites for hydroxylation is 1. The van der Waals surface area contributed by atoms with Gasteiger partial charge in [-0.3, -0.25) is 14.5 Å². The topological polar surface area (TPSA) is 69.7 Å². The average Bonchev–Trinajstić information content (AvgIpc) is 3.11. The maximum absolute atomic E-state index is 13.6. The molecule has 0 radical (unpaired) electrons. The number of benzene rings is 2. The van der Waals surface area contributed by atoms with Crippen LogP contribution in [0.5, 0.6) is 0 Å². The van der Waals surface area contributed by atoms with Crippen LogP contribution < -0.4 is 5.32 Å². The second kappa shape index (κ2) is 10.7. The number of urea groups is 1. The Morgan fingerprint density at radius 1 is 1.09 bits per heavy atom. The normalized spacial score (nSPS) is 20.4. The highest BCUT2D eigenvalue weighted by Gasteiger charge is 2.55. The molecule has 0 aromatic heterocycles. The number of carbonyl (C=O) groups excluding carboxylic acids is 3. The Labute approximate surface area is 205 Å². The third-order valence-corrected chi connectivity index (χ3v) is 7.06. The molecule has 7 heteroatoms. The third kappa shape index (κ3) is 5.37. The second-order valence-electron chi connectivity index (χ2n) is 9.17. The lowest BCUT2D eigenvalue weighted by atomic mass is 9.74. The Morgan fingerprint density at radius 2 is 1.80 bits per heavy atom. The molecule has 4 amide bonds. The quantitative estimate of drug-likeness (QED) is 0.492.